The van der Waals surface area contributed by atoms with Crippen LogP contribution in [-0.2, 0) is 12.8 Å². The molecule has 0 bridgehead atoms. The maximum absolute atomic E-state index is 5.47. The first-order chi connectivity index (χ1) is 6.77. The SMILES string of the molecule is CCc1cc(CCCCN)ccc1C. The van der Waals surface area contributed by atoms with Crippen LogP contribution in [0.4, 0.5) is 0 Å². The molecule has 0 heterocycles. The van der Waals surface area contributed by atoms with Gasteiger partial charge in [-0.3, -0.25) is 0 Å². The van der Waals surface area contributed by atoms with Crippen LogP contribution in [0, 0.1) is 6.92 Å². The van der Waals surface area contributed by atoms with Crippen LogP contribution in [0.3, 0.4) is 0 Å². The Balaban J connectivity index is 2.60. The number of aryl methyl sites for hydroxylation is 3. The highest BCUT2D eigenvalue weighted by atomic mass is 14.5. The van der Waals surface area contributed by atoms with Crippen molar-refractivity contribution < 1.29 is 0 Å². The van der Waals surface area contributed by atoms with Crippen LogP contribution in [-0.4, -0.2) is 6.54 Å². The predicted octanol–water partition coefficient (Wildman–Crippen LogP) is 2.84. The largest absolute Gasteiger partial charge is 0.330 e. The van der Waals surface area contributed by atoms with Crippen molar-refractivity contribution in [1.29, 1.82) is 0 Å². The number of hydrogen-bond donors (Lipinski definition) is 1. The first-order valence-corrected chi connectivity index (χ1v) is 5.56. The summed E-state index contributed by atoms with van der Waals surface area (Å²) in [5.41, 5.74) is 9.83. The molecule has 0 saturated carbocycles. The van der Waals surface area contributed by atoms with Crippen LogP contribution >= 0.6 is 0 Å². The second-order valence-electron chi connectivity index (χ2n) is 3.86. The van der Waals surface area contributed by atoms with Crippen LogP contribution in [0.5, 0.6) is 0 Å². The Morgan fingerprint density at radius 1 is 1.21 bits per heavy atom. The van der Waals surface area contributed by atoms with E-state index in [-0.39, 0.29) is 0 Å². The average molecular weight is 191 g/mol. The molecule has 0 fully saturated rings. The summed E-state index contributed by atoms with van der Waals surface area (Å²) in [4.78, 5) is 0. The van der Waals surface area contributed by atoms with Gasteiger partial charge in [-0.15, -0.1) is 0 Å². The van der Waals surface area contributed by atoms with E-state index in [0.29, 0.717) is 0 Å². The molecule has 1 rings (SSSR count). The highest BCUT2D eigenvalue weighted by molar-refractivity contribution is 5.31. The molecule has 0 aliphatic carbocycles. The summed E-state index contributed by atoms with van der Waals surface area (Å²) >= 11 is 0. The van der Waals surface area contributed by atoms with Gasteiger partial charge in [0, 0.05) is 0 Å². The Bertz CT molecular complexity index is 279. The minimum absolute atomic E-state index is 0.812. The highest BCUT2D eigenvalue weighted by Crippen LogP contribution is 2.13. The lowest BCUT2D eigenvalue weighted by Crippen LogP contribution is -1.99. The van der Waals surface area contributed by atoms with E-state index in [1.165, 1.54) is 29.5 Å². The second kappa shape index (κ2) is 5.82. The Labute approximate surface area is 87.3 Å². The molecular formula is C13H21N. The number of nitrogens with two attached hydrogens (primary N) is 1. The van der Waals surface area contributed by atoms with E-state index in [2.05, 4.69) is 32.0 Å². The Hall–Kier alpha value is -0.820. The smallest absolute Gasteiger partial charge is 0.00772 e. The molecule has 1 aromatic rings. The molecule has 1 nitrogen and oxygen atoms in total. The van der Waals surface area contributed by atoms with Crippen LogP contribution in [0.2, 0.25) is 0 Å². The molecule has 0 aliphatic rings. The lowest BCUT2D eigenvalue weighted by molar-refractivity contribution is 0.744. The van der Waals surface area contributed by atoms with Crippen molar-refractivity contribution >= 4 is 0 Å². The quantitative estimate of drug-likeness (QED) is 0.712. The topological polar surface area (TPSA) is 26.0 Å². The molecule has 0 amide bonds. The monoisotopic (exact) mass is 191 g/mol. The van der Waals surface area contributed by atoms with Crippen molar-refractivity contribution in [1.82, 2.24) is 0 Å². The number of hydrogen-bond acceptors (Lipinski definition) is 1. The fourth-order valence-electron chi connectivity index (χ4n) is 1.73. The molecule has 78 valence electrons. The van der Waals surface area contributed by atoms with Gasteiger partial charge in [0.15, 0.2) is 0 Å². The van der Waals surface area contributed by atoms with Gasteiger partial charge in [0.05, 0.1) is 0 Å². The van der Waals surface area contributed by atoms with E-state index >= 15 is 0 Å². The molecule has 14 heavy (non-hydrogen) atoms. The van der Waals surface area contributed by atoms with Gasteiger partial charge in [0.1, 0.15) is 0 Å². The highest BCUT2D eigenvalue weighted by Gasteiger charge is 1.98. The van der Waals surface area contributed by atoms with Gasteiger partial charge in [0.2, 0.25) is 0 Å². The van der Waals surface area contributed by atoms with E-state index < -0.39 is 0 Å². The summed E-state index contributed by atoms with van der Waals surface area (Å²) in [5.74, 6) is 0. The van der Waals surface area contributed by atoms with E-state index in [0.717, 1.165) is 19.4 Å². The standard InChI is InChI=1S/C13H21N/c1-3-13-10-12(6-4-5-9-14)8-7-11(13)2/h7-8,10H,3-6,9,14H2,1-2H3. The van der Waals surface area contributed by atoms with Gasteiger partial charge >= 0.3 is 0 Å². The minimum atomic E-state index is 0.812. The van der Waals surface area contributed by atoms with Crippen molar-refractivity contribution in [2.24, 2.45) is 5.73 Å². The number of benzene rings is 1. The van der Waals surface area contributed by atoms with Crippen LogP contribution in [0.1, 0.15) is 36.5 Å². The third-order valence-corrected chi connectivity index (χ3v) is 2.71. The average Bonchev–Trinajstić information content (AvgIpc) is 2.21. The van der Waals surface area contributed by atoms with Gasteiger partial charge in [-0.25, -0.2) is 0 Å². The van der Waals surface area contributed by atoms with Gasteiger partial charge in [-0.05, 0) is 55.8 Å². The molecule has 0 saturated heterocycles. The molecule has 2 N–H and O–H groups in total. The molecule has 0 aliphatic heterocycles. The van der Waals surface area contributed by atoms with Crippen molar-refractivity contribution in [3.63, 3.8) is 0 Å². The third kappa shape index (κ3) is 3.15. The lowest BCUT2D eigenvalue weighted by Gasteiger charge is -2.06. The summed E-state index contributed by atoms with van der Waals surface area (Å²) in [5, 5.41) is 0. The molecular weight excluding hydrogens is 170 g/mol. The number of rotatable bonds is 5. The first-order valence-electron chi connectivity index (χ1n) is 5.56. The Morgan fingerprint density at radius 2 is 2.00 bits per heavy atom. The first kappa shape index (κ1) is 11.3. The summed E-state index contributed by atoms with van der Waals surface area (Å²) in [7, 11) is 0. The van der Waals surface area contributed by atoms with Crippen LogP contribution in [0.15, 0.2) is 18.2 Å². The Morgan fingerprint density at radius 3 is 2.64 bits per heavy atom. The Kier molecular flexibility index (Phi) is 4.68. The van der Waals surface area contributed by atoms with Crippen molar-refractivity contribution in [2.45, 2.75) is 39.5 Å². The van der Waals surface area contributed by atoms with E-state index in [9.17, 15) is 0 Å². The number of unbranched alkanes of at least 4 members (excludes halogenated alkanes) is 1. The van der Waals surface area contributed by atoms with E-state index in [1.807, 2.05) is 0 Å². The molecule has 0 spiro atoms. The minimum Gasteiger partial charge on any atom is -0.330 e. The third-order valence-electron chi connectivity index (χ3n) is 2.71. The summed E-state index contributed by atoms with van der Waals surface area (Å²) in [6, 6.07) is 6.81. The van der Waals surface area contributed by atoms with Crippen molar-refractivity contribution in [3.05, 3.63) is 34.9 Å². The predicted molar refractivity (Wildman–Crippen MR) is 62.5 cm³/mol. The van der Waals surface area contributed by atoms with Crippen LogP contribution in [0.25, 0.3) is 0 Å². The maximum atomic E-state index is 5.47. The molecule has 1 heteroatoms. The normalized spacial score (nSPS) is 10.5. The molecule has 0 atom stereocenters. The summed E-state index contributed by atoms with van der Waals surface area (Å²) in [6.45, 7) is 5.21. The molecule has 1 aromatic carbocycles. The fraction of sp³-hybridized carbons (Fsp3) is 0.538. The van der Waals surface area contributed by atoms with Gasteiger partial charge in [-0.2, -0.15) is 0 Å². The van der Waals surface area contributed by atoms with E-state index in [4.69, 9.17) is 5.73 Å². The van der Waals surface area contributed by atoms with Gasteiger partial charge in [-0.1, -0.05) is 25.1 Å². The van der Waals surface area contributed by atoms with E-state index in [1.54, 1.807) is 0 Å². The summed E-state index contributed by atoms with van der Waals surface area (Å²) < 4.78 is 0. The van der Waals surface area contributed by atoms with Gasteiger partial charge < -0.3 is 5.73 Å². The zero-order valence-corrected chi connectivity index (χ0v) is 9.34. The zero-order chi connectivity index (χ0) is 10.4. The second-order valence-corrected chi connectivity index (χ2v) is 3.86. The molecule has 0 radical (unpaired) electrons. The summed E-state index contributed by atoms with van der Waals surface area (Å²) in [6.07, 6.45) is 4.65. The molecule has 0 aromatic heterocycles. The molecule has 0 unspecified atom stereocenters. The maximum Gasteiger partial charge on any atom is -0.00772 e. The van der Waals surface area contributed by atoms with Crippen molar-refractivity contribution in [3.8, 4) is 0 Å². The fourth-order valence-corrected chi connectivity index (χ4v) is 1.73. The lowest BCUT2D eigenvalue weighted by atomic mass is 10.00. The zero-order valence-electron chi connectivity index (χ0n) is 9.34. The van der Waals surface area contributed by atoms with Gasteiger partial charge in [0.25, 0.3) is 0 Å². The van der Waals surface area contributed by atoms with Crippen LogP contribution < -0.4 is 5.73 Å². The van der Waals surface area contributed by atoms with Crippen molar-refractivity contribution in [2.75, 3.05) is 6.54 Å².